The number of carbonyl (C=O) groups is 1. The van der Waals surface area contributed by atoms with E-state index in [2.05, 4.69) is 5.10 Å². The van der Waals surface area contributed by atoms with Crippen LogP contribution in [-0.2, 0) is 11.3 Å². The average molecular weight is 250 g/mol. The van der Waals surface area contributed by atoms with Crippen molar-refractivity contribution in [3.8, 4) is 5.75 Å². The van der Waals surface area contributed by atoms with Crippen LogP contribution >= 0.6 is 0 Å². The van der Waals surface area contributed by atoms with E-state index < -0.39 is 0 Å². The second kappa shape index (κ2) is 4.39. The van der Waals surface area contributed by atoms with Gasteiger partial charge >= 0.3 is 0 Å². The molecule has 1 aromatic heterocycles. The summed E-state index contributed by atoms with van der Waals surface area (Å²) in [7, 11) is 1.57. The molecule has 2 aliphatic heterocycles. The van der Waals surface area contributed by atoms with Crippen molar-refractivity contribution in [2.45, 2.75) is 44.9 Å². The number of ether oxygens (including phenoxy) is 2. The van der Waals surface area contributed by atoms with E-state index in [4.69, 9.17) is 9.47 Å². The van der Waals surface area contributed by atoms with E-state index in [0.29, 0.717) is 18.0 Å². The minimum Gasteiger partial charge on any atom is -0.493 e. The lowest BCUT2D eigenvalue weighted by molar-refractivity contribution is 0.0733. The first-order valence-electron chi connectivity index (χ1n) is 6.54. The predicted octanol–water partition coefficient (Wildman–Crippen LogP) is 1.66. The highest BCUT2D eigenvalue weighted by Crippen LogP contribution is 2.41. The maximum absolute atomic E-state index is 12.6. The van der Waals surface area contributed by atoms with Crippen molar-refractivity contribution in [3.05, 3.63) is 11.9 Å². The minimum atomic E-state index is -0.0142. The highest BCUT2D eigenvalue weighted by molar-refractivity contribution is 5.99. The van der Waals surface area contributed by atoms with Crippen LogP contribution in [0, 0.1) is 5.92 Å². The maximum atomic E-state index is 12.6. The number of aromatic nitrogens is 2. The predicted molar refractivity (Wildman–Crippen MR) is 64.8 cm³/mol. The summed E-state index contributed by atoms with van der Waals surface area (Å²) >= 11 is 0. The van der Waals surface area contributed by atoms with Crippen LogP contribution in [0.2, 0.25) is 0 Å². The van der Waals surface area contributed by atoms with Gasteiger partial charge in [-0.25, -0.2) is 0 Å². The monoisotopic (exact) mass is 250 g/mol. The van der Waals surface area contributed by atoms with Crippen molar-refractivity contribution in [3.63, 3.8) is 0 Å². The van der Waals surface area contributed by atoms with Crippen molar-refractivity contribution >= 4 is 5.78 Å². The van der Waals surface area contributed by atoms with Crippen LogP contribution in [0.1, 0.15) is 36.7 Å². The number of fused-ring (bicyclic) bond motifs is 2. The van der Waals surface area contributed by atoms with Crippen molar-refractivity contribution in [1.29, 1.82) is 0 Å². The Bertz CT molecular complexity index is 447. The highest BCUT2D eigenvalue weighted by Gasteiger charge is 2.45. The first-order chi connectivity index (χ1) is 8.74. The standard InChI is InChI=1S/C13H18N2O3/c1-3-15-12(11(17-2)7-14-15)13(16)9-6-8-4-5-10(9)18-8/h7-10H,3-6H2,1-2H3. The molecule has 98 valence electrons. The summed E-state index contributed by atoms with van der Waals surface area (Å²) in [6.07, 6.45) is 4.95. The summed E-state index contributed by atoms with van der Waals surface area (Å²) in [6.45, 7) is 2.65. The quantitative estimate of drug-likeness (QED) is 0.763. The molecule has 0 spiro atoms. The Morgan fingerprint density at radius 1 is 1.61 bits per heavy atom. The zero-order valence-corrected chi connectivity index (χ0v) is 10.8. The van der Waals surface area contributed by atoms with Gasteiger partial charge in [-0.15, -0.1) is 0 Å². The van der Waals surface area contributed by atoms with E-state index in [1.165, 1.54) is 0 Å². The first kappa shape index (κ1) is 11.7. The van der Waals surface area contributed by atoms with Crippen molar-refractivity contribution in [1.82, 2.24) is 9.78 Å². The van der Waals surface area contributed by atoms with Crippen LogP contribution in [0.3, 0.4) is 0 Å². The number of hydrogen-bond donors (Lipinski definition) is 0. The molecule has 2 fully saturated rings. The third-order valence-electron chi connectivity index (χ3n) is 4.00. The summed E-state index contributed by atoms with van der Waals surface area (Å²) in [6, 6.07) is 0. The Morgan fingerprint density at radius 3 is 3.00 bits per heavy atom. The lowest BCUT2D eigenvalue weighted by Crippen LogP contribution is -2.27. The van der Waals surface area contributed by atoms with Crippen LogP contribution < -0.4 is 4.74 Å². The Morgan fingerprint density at radius 2 is 2.44 bits per heavy atom. The van der Waals surface area contributed by atoms with Gasteiger partial charge in [-0.05, 0) is 26.2 Å². The summed E-state index contributed by atoms with van der Waals surface area (Å²) in [5.74, 6) is 0.683. The zero-order valence-electron chi connectivity index (χ0n) is 10.8. The van der Waals surface area contributed by atoms with Gasteiger partial charge in [0.25, 0.3) is 0 Å². The number of carbonyl (C=O) groups excluding carboxylic acids is 1. The lowest BCUT2D eigenvalue weighted by Gasteiger charge is -2.18. The molecule has 0 radical (unpaired) electrons. The fourth-order valence-corrected chi connectivity index (χ4v) is 3.10. The number of nitrogens with zero attached hydrogens (tertiary/aromatic N) is 2. The molecule has 0 amide bonds. The Labute approximate surface area is 106 Å². The number of aryl methyl sites for hydroxylation is 1. The van der Waals surface area contributed by atoms with Gasteiger partial charge in [-0.2, -0.15) is 5.10 Å². The third-order valence-corrected chi connectivity index (χ3v) is 4.00. The third kappa shape index (κ3) is 1.65. The van der Waals surface area contributed by atoms with Gasteiger partial charge in [0.05, 0.1) is 31.4 Å². The second-order valence-corrected chi connectivity index (χ2v) is 4.96. The van der Waals surface area contributed by atoms with Gasteiger partial charge in [-0.1, -0.05) is 0 Å². The van der Waals surface area contributed by atoms with Gasteiger partial charge in [0.15, 0.2) is 11.5 Å². The molecule has 2 bridgehead atoms. The molecule has 18 heavy (non-hydrogen) atoms. The summed E-state index contributed by atoms with van der Waals surface area (Å²) in [4.78, 5) is 12.6. The Kier molecular flexibility index (Phi) is 2.86. The Hall–Kier alpha value is -1.36. The smallest absolute Gasteiger partial charge is 0.190 e. The summed E-state index contributed by atoms with van der Waals surface area (Å²) in [5.41, 5.74) is 0.598. The molecule has 1 aromatic rings. The molecule has 5 heteroatoms. The van der Waals surface area contributed by atoms with Gasteiger partial charge in [0, 0.05) is 6.54 Å². The first-order valence-corrected chi connectivity index (χ1v) is 6.54. The highest BCUT2D eigenvalue weighted by atomic mass is 16.5. The number of Topliss-reactive ketones (excluding diaryl/α,β-unsaturated/α-hetero) is 1. The van der Waals surface area contributed by atoms with Crippen molar-refractivity contribution in [2.75, 3.05) is 7.11 Å². The molecule has 0 saturated carbocycles. The summed E-state index contributed by atoms with van der Waals surface area (Å²) in [5, 5.41) is 4.19. The molecule has 2 aliphatic rings. The van der Waals surface area contributed by atoms with Crippen LogP contribution in [0.25, 0.3) is 0 Å². The largest absolute Gasteiger partial charge is 0.493 e. The molecule has 3 heterocycles. The second-order valence-electron chi connectivity index (χ2n) is 4.96. The van der Waals surface area contributed by atoms with Crippen LogP contribution in [0.4, 0.5) is 0 Å². The van der Waals surface area contributed by atoms with E-state index in [-0.39, 0.29) is 23.9 Å². The fraction of sp³-hybridized carbons (Fsp3) is 0.692. The lowest BCUT2D eigenvalue weighted by atomic mass is 9.85. The molecule has 0 N–H and O–H groups in total. The Balaban J connectivity index is 1.90. The van der Waals surface area contributed by atoms with Crippen molar-refractivity contribution in [2.24, 2.45) is 5.92 Å². The van der Waals surface area contributed by atoms with Gasteiger partial charge in [0.1, 0.15) is 5.69 Å². The fourth-order valence-electron chi connectivity index (χ4n) is 3.10. The zero-order chi connectivity index (χ0) is 12.7. The molecule has 3 unspecified atom stereocenters. The van der Waals surface area contributed by atoms with E-state index in [1.807, 2.05) is 6.92 Å². The number of rotatable bonds is 4. The minimum absolute atomic E-state index is 0.0142. The van der Waals surface area contributed by atoms with Gasteiger partial charge in [-0.3, -0.25) is 9.48 Å². The van der Waals surface area contributed by atoms with Crippen molar-refractivity contribution < 1.29 is 14.3 Å². The molecule has 3 rings (SSSR count). The number of ketones is 1. The normalized spacial score (nSPS) is 29.8. The van der Waals surface area contributed by atoms with Crippen LogP contribution in [-0.4, -0.2) is 34.9 Å². The molecular formula is C13H18N2O3. The molecule has 2 saturated heterocycles. The van der Waals surface area contributed by atoms with Gasteiger partial charge < -0.3 is 9.47 Å². The average Bonchev–Trinajstić information content (AvgIpc) is 3.10. The van der Waals surface area contributed by atoms with Crippen LogP contribution in [0.5, 0.6) is 5.75 Å². The molecule has 0 aromatic carbocycles. The molecular weight excluding hydrogens is 232 g/mol. The van der Waals surface area contributed by atoms with E-state index in [0.717, 1.165) is 19.3 Å². The summed E-state index contributed by atoms with van der Waals surface area (Å²) < 4.78 is 12.7. The molecule has 3 atom stereocenters. The van der Waals surface area contributed by atoms with E-state index in [9.17, 15) is 4.79 Å². The number of methoxy groups -OCH3 is 1. The van der Waals surface area contributed by atoms with Gasteiger partial charge in [0.2, 0.25) is 0 Å². The maximum Gasteiger partial charge on any atom is 0.190 e. The topological polar surface area (TPSA) is 53.4 Å². The van der Waals surface area contributed by atoms with Crippen LogP contribution in [0.15, 0.2) is 6.20 Å². The SMILES string of the molecule is CCn1ncc(OC)c1C(=O)C1CC2CCC1O2. The molecule has 5 nitrogen and oxygen atoms in total. The number of hydrogen-bond acceptors (Lipinski definition) is 4. The van der Waals surface area contributed by atoms with E-state index >= 15 is 0 Å². The van der Waals surface area contributed by atoms with E-state index in [1.54, 1.807) is 18.0 Å². The molecule has 0 aliphatic carbocycles.